The molecule has 5 N–H and O–H groups in total. The first-order valence-corrected chi connectivity index (χ1v) is 9.97. The van der Waals surface area contributed by atoms with Crippen LogP contribution in [0.25, 0.3) is 0 Å². The maximum atomic E-state index is 11.7. The van der Waals surface area contributed by atoms with Crippen LogP contribution in [0.4, 0.5) is 4.79 Å². The van der Waals surface area contributed by atoms with E-state index in [1.54, 1.807) is 0 Å². The molecule has 1 aromatic rings. The average molecular weight is 413 g/mol. The smallest absolute Gasteiger partial charge is 0.407 e. The Morgan fingerprint density at radius 1 is 1.10 bits per heavy atom. The summed E-state index contributed by atoms with van der Waals surface area (Å²) >= 11 is 0. The van der Waals surface area contributed by atoms with Gasteiger partial charge >= 0.3 is 6.09 Å². The third-order valence-electron chi connectivity index (χ3n) is 4.37. The molecule has 0 spiro atoms. The molecule has 0 heterocycles. The van der Waals surface area contributed by atoms with Gasteiger partial charge in [0.05, 0.1) is 12.2 Å². The Hall–Kier alpha value is -1.71. The zero-order valence-corrected chi connectivity index (χ0v) is 17.8. The van der Waals surface area contributed by atoms with Gasteiger partial charge in [0.1, 0.15) is 11.7 Å². The van der Waals surface area contributed by atoms with Crippen molar-refractivity contribution >= 4 is 6.09 Å². The van der Waals surface area contributed by atoms with Crippen LogP contribution >= 0.6 is 0 Å². The van der Waals surface area contributed by atoms with Crippen LogP contribution in [0.15, 0.2) is 24.3 Å². The van der Waals surface area contributed by atoms with Crippen LogP contribution in [0.1, 0.15) is 45.2 Å². The van der Waals surface area contributed by atoms with Crippen molar-refractivity contribution in [3.05, 3.63) is 35.4 Å². The van der Waals surface area contributed by atoms with E-state index in [1.165, 1.54) is 0 Å². The van der Waals surface area contributed by atoms with Crippen LogP contribution in [0.5, 0.6) is 0 Å². The number of rotatable bonds is 11. The van der Waals surface area contributed by atoms with Gasteiger partial charge < -0.3 is 30.5 Å². The summed E-state index contributed by atoms with van der Waals surface area (Å²) in [7, 11) is 0. The molecule has 3 atom stereocenters. The van der Waals surface area contributed by atoms with Crippen molar-refractivity contribution < 1.29 is 30.0 Å². The number of ether oxygens (including phenoxy) is 1. The average Bonchev–Trinajstić information content (AvgIpc) is 2.65. The molecule has 0 aliphatic carbocycles. The summed E-state index contributed by atoms with van der Waals surface area (Å²) in [6.07, 6.45) is -4.03. The second kappa shape index (κ2) is 12.1. The second-order valence-electron chi connectivity index (χ2n) is 8.14. The van der Waals surface area contributed by atoms with Crippen LogP contribution in [0, 0.1) is 0 Å². The summed E-state index contributed by atoms with van der Waals surface area (Å²) in [5.74, 6) is 0. The van der Waals surface area contributed by atoms with E-state index in [2.05, 4.69) is 5.32 Å². The van der Waals surface area contributed by atoms with Gasteiger partial charge in [0, 0.05) is 26.2 Å². The molecule has 1 rings (SSSR count). The van der Waals surface area contributed by atoms with Crippen LogP contribution in [-0.2, 0) is 17.8 Å². The SMILES string of the molecule is CCN(Cc1ccc(CNC(=O)OC(C)(C)C)cc1)CC(O)C(O)C(O)CCO. The topological polar surface area (TPSA) is 122 Å². The number of aliphatic hydroxyl groups excluding tert-OH is 4. The van der Waals surface area contributed by atoms with Gasteiger partial charge in [-0.3, -0.25) is 4.90 Å². The number of aliphatic hydroxyl groups is 4. The predicted octanol–water partition coefficient (Wildman–Crippen LogP) is 0.998. The van der Waals surface area contributed by atoms with Gasteiger partial charge in [-0.05, 0) is 44.9 Å². The fourth-order valence-corrected chi connectivity index (χ4v) is 2.75. The van der Waals surface area contributed by atoms with Crippen molar-refractivity contribution in [2.75, 3.05) is 19.7 Å². The van der Waals surface area contributed by atoms with E-state index in [4.69, 9.17) is 9.84 Å². The highest BCUT2D eigenvalue weighted by atomic mass is 16.6. The Morgan fingerprint density at radius 3 is 2.21 bits per heavy atom. The number of alkyl carbamates (subject to hydrolysis) is 1. The quantitative estimate of drug-likeness (QED) is 0.367. The predicted molar refractivity (Wildman–Crippen MR) is 110 cm³/mol. The minimum atomic E-state index is -1.31. The van der Waals surface area contributed by atoms with Gasteiger partial charge in [-0.15, -0.1) is 0 Å². The second-order valence-corrected chi connectivity index (χ2v) is 8.14. The summed E-state index contributed by atoms with van der Waals surface area (Å²) in [4.78, 5) is 13.7. The van der Waals surface area contributed by atoms with Gasteiger partial charge in [0.15, 0.2) is 0 Å². The number of amides is 1. The van der Waals surface area contributed by atoms with Gasteiger partial charge in [-0.2, -0.15) is 0 Å². The zero-order valence-electron chi connectivity index (χ0n) is 17.8. The van der Waals surface area contributed by atoms with Crippen LogP contribution in [-0.4, -0.2) is 75.0 Å². The van der Waals surface area contributed by atoms with E-state index >= 15 is 0 Å². The molecule has 1 amide bonds. The number of nitrogens with zero attached hydrogens (tertiary/aromatic N) is 1. The molecule has 0 fully saturated rings. The van der Waals surface area contributed by atoms with Gasteiger partial charge in [-0.25, -0.2) is 4.79 Å². The van der Waals surface area contributed by atoms with Crippen molar-refractivity contribution in [2.24, 2.45) is 0 Å². The third-order valence-corrected chi connectivity index (χ3v) is 4.37. The van der Waals surface area contributed by atoms with E-state index in [0.29, 0.717) is 19.6 Å². The van der Waals surface area contributed by atoms with Crippen LogP contribution in [0.3, 0.4) is 0 Å². The monoisotopic (exact) mass is 412 g/mol. The number of nitrogens with one attached hydrogen (secondary N) is 1. The lowest BCUT2D eigenvalue weighted by molar-refractivity contribution is -0.0750. The van der Waals surface area contributed by atoms with E-state index < -0.39 is 30.0 Å². The lowest BCUT2D eigenvalue weighted by atomic mass is 10.0. The molecule has 29 heavy (non-hydrogen) atoms. The molecule has 0 bridgehead atoms. The van der Waals surface area contributed by atoms with Crippen LogP contribution in [0.2, 0.25) is 0 Å². The molecule has 8 nitrogen and oxygen atoms in total. The minimum Gasteiger partial charge on any atom is -0.444 e. The maximum Gasteiger partial charge on any atom is 0.407 e. The molecule has 166 valence electrons. The third kappa shape index (κ3) is 10.0. The number of likely N-dealkylation sites (N-methyl/N-ethyl adjacent to an activating group) is 1. The number of carbonyl (C=O) groups is 1. The minimum absolute atomic E-state index is 0.0170. The lowest BCUT2D eigenvalue weighted by Crippen LogP contribution is -2.44. The van der Waals surface area contributed by atoms with Crippen molar-refractivity contribution in [2.45, 2.75) is 71.1 Å². The maximum absolute atomic E-state index is 11.7. The summed E-state index contributed by atoms with van der Waals surface area (Å²) < 4.78 is 5.21. The molecule has 0 saturated carbocycles. The van der Waals surface area contributed by atoms with Crippen molar-refractivity contribution in [1.29, 1.82) is 0 Å². The molecule has 0 radical (unpaired) electrons. The summed E-state index contributed by atoms with van der Waals surface area (Å²) in [5.41, 5.74) is 1.42. The molecule has 1 aromatic carbocycles. The molecular weight excluding hydrogens is 376 g/mol. The normalized spacial score (nSPS) is 15.1. The van der Waals surface area contributed by atoms with Gasteiger partial charge in [0.2, 0.25) is 0 Å². The van der Waals surface area contributed by atoms with Gasteiger partial charge in [0.25, 0.3) is 0 Å². The molecule has 0 aromatic heterocycles. The van der Waals surface area contributed by atoms with E-state index in [0.717, 1.165) is 11.1 Å². The first kappa shape index (κ1) is 25.3. The van der Waals surface area contributed by atoms with E-state index in [-0.39, 0.29) is 19.6 Å². The number of benzene rings is 1. The summed E-state index contributed by atoms with van der Waals surface area (Å²) in [5, 5.41) is 41.4. The lowest BCUT2D eigenvalue weighted by Gasteiger charge is -2.28. The number of carbonyl (C=O) groups excluding carboxylic acids is 1. The molecular formula is C21H36N2O6. The van der Waals surface area contributed by atoms with E-state index in [1.807, 2.05) is 56.9 Å². The van der Waals surface area contributed by atoms with E-state index in [9.17, 15) is 20.1 Å². The zero-order chi connectivity index (χ0) is 22.0. The largest absolute Gasteiger partial charge is 0.444 e. The van der Waals surface area contributed by atoms with Crippen LogP contribution < -0.4 is 5.32 Å². The highest BCUT2D eigenvalue weighted by Crippen LogP contribution is 2.12. The van der Waals surface area contributed by atoms with Crippen molar-refractivity contribution in [3.8, 4) is 0 Å². The first-order valence-electron chi connectivity index (χ1n) is 9.97. The Labute approximate surface area is 173 Å². The Morgan fingerprint density at radius 2 is 1.69 bits per heavy atom. The van der Waals surface area contributed by atoms with Crippen molar-refractivity contribution in [3.63, 3.8) is 0 Å². The fraction of sp³-hybridized carbons (Fsp3) is 0.667. The molecule has 8 heteroatoms. The number of hydrogen-bond acceptors (Lipinski definition) is 7. The highest BCUT2D eigenvalue weighted by molar-refractivity contribution is 5.67. The molecule has 0 saturated heterocycles. The number of hydrogen-bond donors (Lipinski definition) is 5. The molecule has 0 aliphatic heterocycles. The summed E-state index contributed by atoms with van der Waals surface area (Å²) in [6.45, 7) is 8.90. The fourth-order valence-electron chi connectivity index (χ4n) is 2.75. The summed E-state index contributed by atoms with van der Waals surface area (Å²) in [6, 6.07) is 7.71. The Bertz CT molecular complexity index is 602. The standard InChI is InChI=1S/C21H36N2O6/c1-5-23(14-18(26)19(27)17(25)10-11-24)13-16-8-6-15(7-9-16)12-22-20(28)29-21(2,3)4/h6-9,17-19,24-27H,5,10-14H2,1-4H3,(H,22,28). The molecule has 0 aliphatic rings. The Balaban J connectivity index is 2.54. The molecule has 3 unspecified atom stereocenters. The Kier molecular flexibility index (Phi) is 10.6. The highest BCUT2D eigenvalue weighted by Gasteiger charge is 2.25. The van der Waals surface area contributed by atoms with Gasteiger partial charge in [-0.1, -0.05) is 31.2 Å². The van der Waals surface area contributed by atoms with Crippen molar-refractivity contribution in [1.82, 2.24) is 10.2 Å². The first-order chi connectivity index (χ1) is 13.6.